The van der Waals surface area contributed by atoms with Crippen LogP contribution in [0.3, 0.4) is 0 Å². The van der Waals surface area contributed by atoms with Gasteiger partial charge in [0, 0.05) is 12.4 Å². The van der Waals surface area contributed by atoms with Crippen molar-refractivity contribution >= 4 is 12.4 Å². The number of hydrogen-bond donors (Lipinski definition) is 0. The van der Waals surface area contributed by atoms with Gasteiger partial charge in [-0.1, -0.05) is 0 Å². The minimum Gasteiger partial charge on any atom is -0.475 e. The van der Waals surface area contributed by atoms with Gasteiger partial charge in [0.15, 0.2) is 0 Å². The zero-order valence-electron chi connectivity index (χ0n) is 9.84. The van der Waals surface area contributed by atoms with Crippen molar-refractivity contribution in [1.29, 1.82) is 0 Å². The lowest BCUT2D eigenvalue weighted by Gasteiger charge is -2.31. The summed E-state index contributed by atoms with van der Waals surface area (Å²) in [6.07, 6.45) is 10.2. The molecule has 2 aliphatic heterocycles. The molecule has 2 aliphatic rings. The molecule has 4 nitrogen and oxygen atoms in total. The van der Waals surface area contributed by atoms with Crippen LogP contribution in [0.1, 0.15) is 25.7 Å². The molecule has 0 unspecified atom stereocenters. The molecule has 1 aromatic rings. The number of hydrogen-bond acceptors (Lipinski definition) is 4. The van der Waals surface area contributed by atoms with Crippen LogP contribution in [0.5, 0.6) is 5.88 Å². The van der Waals surface area contributed by atoms with Gasteiger partial charge >= 0.3 is 0 Å². The standard InChI is InChI=1S/C12H17N3O.ClH/c1-3-12(4-2-8-15(12)7-1)10-16-11-9-13-5-6-14-11;/h5-6,9H,1-4,7-8,10H2;1H. The average Bonchev–Trinajstić information content (AvgIpc) is 2.87. The summed E-state index contributed by atoms with van der Waals surface area (Å²) < 4.78 is 5.78. The van der Waals surface area contributed by atoms with Gasteiger partial charge in [0.2, 0.25) is 5.88 Å². The van der Waals surface area contributed by atoms with Gasteiger partial charge in [-0.3, -0.25) is 9.88 Å². The molecule has 0 amide bonds. The third kappa shape index (κ3) is 2.38. The molecule has 0 N–H and O–H groups in total. The van der Waals surface area contributed by atoms with Crippen molar-refractivity contribution in [2.45, 2.75) is 31.2 Å². The molecule has 2 fully saturated rings. The topological polar surface area (TPSA) is 38.2 Å². The third-order valence-electron chi connectivity index (χ3n) is 3.84. The summed E-state index contributed by atoms with van der Waals surface area (Å²) in [5.74, 6) is 0.649. The Morgan fingerprint density at radius 1 is 1.24 bits per heavy atom. The molecule has 5 heteroatoms. The van der Waals surface area contributed by atoms with Gasteiger partial charge in [-0.05, 0) is 38.8 Å². The second-order valence-corrected chi connectivity index (χ2v) is 4.75. The van der Waals surface area contributed by atoms with E-state index in [-0.39, 0.29) is 12.4 Å². The van der Waals surface area contributed by atoms with E-state index in [1.54, 1.807) is 18.6 Å². The predicted molar refractivity (Wildman–Crippen MR) is 67.5 cm³/mol. The summed E-state index contributed by atoms with van der Waals surface area (Å²) in [7, 11) is 0. The van der Waals surface area contributed by atoms with Crippen molar-refractivity contribution in [2.24, 2.45) is 0 Å². The van der Waals surface area contributed by atoms with Gasteiger partial charge in [-0.15, -0.1) is 12.4 Å². The zero-order chi connectivity index (χ0) is 10.8. The van der Waals surface area contributed by atoms with Gasteiger partial charge < -0.3 is 4.74 Å². The maximum atomic E-state index is 5.78. The third-order valence-corrected chi connectivity index (χ3v) is 3.84. The first-order chi connectivity index (χ1) is 7.89. The quantitative estimate of drug-likeness (QED) is 0.827. The number of rotatable bonds is 3. The lowest BCUT2D eigenvalue weighted by Crippen LogP contribution is -2.43. The molecule has 0 radical (unpaired) electrons. The first kappa shape index (κ1) is 12.6. The number of halogens is 1. The second-order valence-electron chi connectivity index (χ2n) is 4.75. The van der Waals surface area contributed by atoms with Crippen LogP contribution in [-0.4, -0.2) is 40.1 Å². The van der Waals surface area contributed by atoms with Gasteiger partial charge in [0.1, 0.15) is 6.61 Å². The smallest absolute Gasteiger partial charge is 0.232 e. The van der Waals surface area contributed by atoms with Gasteiger partial charge in [0.05, 0.1) is 11.7 Å². The summed E-state index contributed by atoms with van der Waals surface area (Å²) >= 11 is 0. The highest BCUT2D eigenvalue weighted by molar-refractivity contribution is 5.85. The molecule has 3 rings (SSSR count). The molecule has 0 atom stereocenters. The van der Waals surface area contributed by atoms with Crippen molar-refractivity contribution in [3.63, 3.8) is 0 Å². The van der Waals surface area contributed by atoms with Gasteiger partial charge in [0.25, 0.3) is 0 Å². The Kier molecular flexibility index (Phi) is 3.84. The molecular weight excluding hydrogens is 238 g/mol. The van der Waals surface area contributed by atoms with E-state index in [9.17, 15) is 0 Å². The fraction of sp³-hybridized carbons (Fsp3) is 0.667. The molecule has 0 aromatic carbocycles. The zero-order valence-corrected chi connectivity index (χ0v) is 10.7. The normalized spacial score (nSPS) is 21.9. The summed E-state index contributed by atoms with van der Waals surface area (Å²) in [6, 6.07) is 0. The Morgan fingerprint density at radius 2 is 2.00 bits per heavy atom. The maximum absolute atomic E-state index is 5.78. The van der Waals surface area contributed by atoms with E-state index in [0.29, 0.717) is 11.4 Å². The van der Waals surface area contributed by atoms with E-state index < -0.39 is 0 Å². The van der Waals surface area contributed by atoms with Crippen LogP contribution in [-0.2, 0) is 0 Å². The predicted octanol–water partition coefficient (Wildman–Crippen LogP) is 1.91. The summed E-state index contributed by atoms with van der Waals surface area (Å²) in [5, 5.41) is 0. The highest BCUT2D eigenvalue weighted by atomic mass is 35.5. The number of ether oxygens (including phenoxy) is 1. The van der Waals surface area contributed by atoms with Crippen LogP contribution in [0.2, 0.25) is 0 Å². The van der Waals surface area contributed by atoms with Crippen molar-refractivity contribution in [1.82, 2.24) is 14.9 Å². The van der Waals surface area contributed by atoms with E-state index >= 15 is 0 Å². The van der Waals surface area contributed by atoms with E-state index in [1.165, 1.54) is 38.8 Å². The largest absolute Gasteiger partial charge is 0.475 e. The summed E-state index contributed by atoms with van der Waals surface area (Å²) in [6.45, 7) is 3.25. The molecular formula is C12H18ClN3O. The monoisotopic (exact) mass is 255 g/mol. The van der Waals surface area contributed by atoms with E-state index in [0.717, 1.165) is 6.61 Å². The van der Waals surface area contributed by atoms with Crippen molar-refractivity contribution in [3.8, 4) is 5.88 Å². The van der Waals surface area contributed by atoms with Crippen molar-refractivity contribution in [3.05, 3.63) is 18.6 Å². The first-order valence-corrected chi connectivity index (χ1v) is 6.03. The van der Waals surface area contributed by atoms with Gasteiger partial charge in [-0.25, -0.2) is 4.98 Å². The molecule has 0 bridgehead atoms. The first-order valence-electron chi connectivity index (χ1n) is 6.03. The number of fused-ring (bicyclic) bond motifs is 1. The Balaban J connectivity index is 0.00000108. The summed E-state index contributed by atoms with van der Waals surface area (Å²) in [5.41, 5.74) is 0.303. The Labute approximate surface area is 108 Å². The average molecular weight is 256 g/mol. The van der Waals surface area contributed by atoms with Crippen molar-refractivity contribution in [2.75, 3.05) is 19.7 Å². The van der Waals surface area contributed by atoms with Crippen LogP contribution >= 0.6 is 12.4 Å². The van der Waals surface area contributed by atoms with E-state index in [4.69, 9.17) is 4.74 Å². The maximum Gasteiger partial charge on any atom is 0.232 e. The molecule has 3 heterocycles. The minimum absolute atomic E-state index is 0. The van der Waals surface area contributed by atoms with Crippen LogP contribution in [0.25, 0.3) is 0 Å². The second kappa shape index (κ2) is 5.19. The Bertz CT molecular complexity index is 350. The molecule has 1 aromatic heterocycles. The Hall–Kier alpha value is -0.870. The van der Waals surface area contributed by atoms with Crippen LogP contribution in [0, 0.1) is 0 Å². The number of nitrogens with zero attached hydrogens (tertiary/aromatic N) is 3. The highest BCUT2D eigenvalue weighted by Gasteiger charge is 2.44. The molecule has 0 saturated carbocycles. The minimum atomic E-state index is 0. The lowest BCUT2D eigenvalue weighted by atomic mass is 9.95. The van der Waals surface area contributed by atoms with Crippen LogP contribution < -0.4 is 4.74 Å². The van der Waals surface area contributed by atoms with Crippen LogP contribution in [0.4, 0.5) is 0 Å². The van der Waals surface area contributed by atoms with Crippen LogP contribution in [0.15, 0.2) is 18.6 Å². The van der Waals surface area contributed by atoms with E-state index in [1.807, 2.05) is 0 Å². The SMILES string of the molecule is Cl.c1cnc(OCC23CCCN2CCC3)cn1. The van der Waals surface area contributed by atoms with Gasteiger partial charge in [-0.2, -0.15) is 0 Å². The van der Waals surface area contributed by atoms with Crippen molar-refractivity contribution < 1.29 is 4.74 Å². The fourth-order valence-electron chi connectivity index (χ4n) is 3.03. The molecule has 2 saturated heterocycles. The lowest BCUT2D eigenvalue weighted by molar-refractivity contribution is 0.110. The molecule has 17 heavy (non-hydrogen) atoms. The van der Waals surface area contributed by atoms with E-state index in [2.05, 4.69) is 14.9 Å². The Morgan fingerprint density at radius 3 is 2.65 bits per heavy atom. The summed E-state index contributed by atoms with van der Waals surface area (Å²) in [4.78, 5) is 10.7. The highest BCUT2D eigenvalue weighted by Crippen LogP contribution is 2.38. The molecule has 0 spiro atoms. The molecule has 94 valence electrons. The number of aromatic nitrogens is 2. The molecule has 0 aliphatic carbocycles. The fourth-order valence-corrected chi connectivity index (χ4v) is 3.03.